The number of aromatic nitrogens is 1. The fraction of sp³-hybridized carbons (Fsp3) is 0.500. The van der Waals surface area contributed by atoms with Gasteiger partial charge in [0.05, 0.1) is 0 Å². The van der Waals surface area contributed by atoms with Crippen molar-refractivity contribution in [3.05, 3.63) is 34.4 Å². The first kappa shape index (κ1) is 17.5. The third-order valence-electron chi connectivity index (χ3n) is 5.12. The van der Waals surface area contributed by atoms with Crippen molar-refractivity contribution in [2.24, 2.45) is 0 Å². The van der Waals surface area contributed by atoms with Crippen molar-refractivity contribution in [2.75, 3.05) is 0 Å². The van der Waals surface area contributed by atoms with Crippen LogP contribution < -0.4 is 0 Å². The molecule has 0 bridgehead atoms. The molecule has 4 heteroatoms. The Kier molecular flexibility index (Phi) is 5.02. The van der Waals surface area contributed by atoms with Crippen molar-refractivity contribution in [1.82, 2.24) is 4.23 Å². The monoisotopic (exact) mass is 379 g/mol. The van der Waals surface area contributed by atoms with E-state index in [1.54, 1.807) is 0 Å². The maximum absolute atomic E-state index is 11.6. The lowest BCUT2D eigenvalue weighted by Gasteiger charge is -2.44. The van der Waals surface area contributed by atoms with Gasteiger partial charge in [-0.1, -0.05) is 57.5 Å². The number of hydrogen-bond acceptors (Lipinski definition) is 1. The van der Waals surface area contributed by atoms with Gasteiger partial charge in [-0.3, -0.25) is 4.79 Å². The van der Waals surface area contributed by atoms with E-state index in [2.05, 4.69) is 86.1 Å². The van der Waals surface area contributed by atoms with Gasteiger partial charge in [0.15, 0.2) is 14.5 Å². The number of rotatable bonds is 5. The van der Waals surface area contributed by atoms with Gasteiger partial charge in [-0.25, -0.2) is 0 Å². The Bertz CT molecular complexity index is 666. The maximum atomic E-state index is 11.6. The number of aldehydes is 1. The molecule has 120 valence electrons. The van der Waals surface area contributed by atoms with Crippen molar-refractivity contribution >= 4 is 41.4 Å². The van der Waals surface area contributed by atoms with E-state index in [0.717, 1.165) is 21.7 Å². The van der Waals surface area contributed by atoms with Crippen LogP contribution in [-0.4, -0.2) is 18.8 Å². The summed E-state index contributed by atoms with van der Waals surface area (Å²) in [6, 6.07) is 6.30. The minimum atomic E-state index is -1.84. The van der Waals surface area contributed by atoms with E-state index in [1.807, 2.05) is 0 Å². The lowest BCUT2D eigenvalue weighted by Crippen LogP contribution is -2.51. The smallest absolute Gasteiger partial charge is 0.169 e. The number of halogens is 1. The first-order valence-electron chi connectivity index (χ1n) is 8.03. The zero-order valence-electron chi connectivity index (χ0n) is 14.4. The molecule has 0 saturated carbocycles. The van der Waals surface area contributed by atoms with Crippen LogP contribution in [0.1, 0.15) is 51.9 Å². The van der Waals surface area contributed by atoms with Gasteiger partial charge in [-0.15, -0.1) is 0 Å². The highest BCUT2D eigenvalue weighted by Crippen LogP contribution is 2.44. The van der Waals surface area contributed by atoms with E-state index in [0.29, 0.717) is 16.6 Å². The zero-order chi connectivity index (χ0) is 16.7. The molecule has 2 rings (SSSR count). The Morgan fingerprint density at radius 2 is 1.59 bits per heavy atom. The predicted octanol–water partition coefficient (Wildman–Crippen LogP) is 6.24. The van der Waals surface area contributed by atoms with Crippen LogP contribution in [0, 0.1) is 0 Å². The van der Waals surface area contributed by atoms with Crippen LogP contribution in [0.25, 0.3) is 10.9 Å². The molecule has 2 aromatic rings. The van der Waals surface area contributed by atoms with Crippen molar-refractivity contribution < 1.29 is 4.79 Å². The average Bonchev–Trinajstić information content (AvgIpc) is 2.76. The van der Waals surface area contributed by atoms with Crippen LogP contribution >= 0.6 is 15.9 Å². The zero-order valence-corrected chi connectivity index (χ0v) is 16.9. The molecule has 0 saturated heterocycles. The van der Waals surface area contributed by atoms with Gasteiger partial charge in [0.25, 0.3) is 0 Å². The average molecular weight is 380 g/mol. The van der Waals surface area contributed by atoms with E-state index in [1.165, 1.54) is 5.52 Å². The standard InChI is InChI=1S/C18H26BrNOSi/c1-12(2)22(13(3)4,14(5)6)20-10-15(11-21)17-9-16(19)7-8-18(17)20/h7-14H,1-6H3. The Hall–Kier alpha value is -0.873. The first-order valence-corrected chi connectivity index (χ1v) is 11.0. The number of nitrogens with zero attached hydrogens (tertiary/aromatic N) is 1. The summed E-state index contributed by atoms with van der Waals surface area (Å²) in [5, 5.41) is 1.06. The summed E-state index contributed by atoms with van der Waals surface area (Å²) in [5.74, 6) is 0. The highest BCUT2D eigenvalue weighted by molar-refractivity contribution is 9.10. The van der Waals surface area contributed by atoms with E-state index >= 15 is 0 Å². The van der Waals surface area contributed by atoms with Gasteiger partial charge in [-0.2, -0.15) is 0 Å². The van der Waals surface area contributed by atoms with Crippen LogP contribution in [-0.2, 0) is 0 Å². The van der Waals surface area contributed by atoms with Crippen molar-refractivity contribution in [1.29, 1.82) is 0 Å². The number of carbonyl (C=O) groups is 1. The second kappa shape index (κ2) is 6.32. The van der Waals surface area contributed by atoms with Gasteiger partial charge >= 0.3 is 0 Å². The molecular formula is C18H26BrNOSi. The van der Waals surface area contributed by atoms with Gasteiger partial charge in [-0.05, 0) is 34.8 Å². The molecule has 0 amide bonds. The minimum Gasteiger partial charge on any atom is -0.373 e. The maximum Gasteiger partial charge on any atom is 0.169 e. The first-order chi connectivity index (χ1) is 10.3. The van der Waals surface area contributed by atoms with Crippen LogP contribution in [0.3, 0.4) is 0 Å². The molecule has 0 unspecified atom stereocenters. The van der Waals surface area contributed by atoms with Crippen molar-refractivity contribution in [2.45, 2.75) is 58.2 Å². The summed E-state index contributed by atoms with van der Waals surface area (Å²) in [5.41, 5.74) is 3.81. The van der Waals surface area contributed by atoms with Gasteiger partial charge < -0.3 is 4.23 Å². The van der Waals surface area contributed by atoms with Crippen LogP contribution in [0.5, 0.6) is 0 Å². The molecule has 0 aliphatic carbocycles. The van der Waals surface area contributed by atoms with E-state index in [9.17, 15) is 4.79 Å². The summed E-state index contributed by atoms with van der Waals surface area (Å²) in [6.45, 7) is 14.1. The Balaban J connectivity index is 2.89. The number of hydrogen-bond donors (Lipinski definition) is 0. The van der Waals surface area contributed by atoms with Crippen LogP contribution in [0.4, 0.5) is 0 Å². The second-order valence-electron chi connectivity index (χ2n) is 7.09. The lowest BCUT2D eigenvalue weighted by atomic mass is 10.2. The third kappa shape index (κ3) is 2.50. The summed E-state index contributed by atoms with van der Waals surface area (Å²) in [4.78, 5) is 11.6. The lowest BCUT2D eigenvalue weighted by molar-refractivity contribution is 0.112. The van der Waals surface area contributed by atoms with Gasteiger partial charge in [0, 0.05) is 27.1 Å². The molecule has 0 N–H and O–H groups in total. The summed E-state index contributed by atoms with van der Waals surface area (Å²) in [6.07, 6.45) is 3.10. The minimum absolute atomic E-state index is 0.603. The van der Waals surface area contributed by atoms with E-state index < -0.39 is 8.24 Å². The summed E-state index contributed by atoms with van der Waals surface area (Å²) in [7, 11) is -1.84. The number of fused-ring (bicyclic) bond motifs is 1. The number of benzene rings is 1. The van der Waals surface area contributed by atoms with E-state index in [4.69, 9.17) is 0 Å². The molecule has 1 heterocycles. The molecule has 2 nitrogen and oxygen atoms in total. The topological polar surface area (TPSA) is 22.0 Å². The highest BCUT2D eigenvalue weighted by atomic mass is 79.9. The quantitative estimate of drug-likeness (QED) is 0.444. The molecule has 1 aromatic carbocycles. The molecular weight excluding hydrogens is 354 g/mol. The molecule has 0 aliphatic heterocycles. The van der Waals surface area contributed by atoms with Crippen LogP contribution in [0.2, 0.25) is 16.6 Å². The molecule has 0 atom stereocenters. The molecule has 22 heavy (non-hydrogen) atoms. The van der Waals surface area contributed by atoms with Gasteiger partial charge in [0.2, 0.25) is 0 Å². The molecule has 1 aromatic heterocycles. The summed E-state index contributed by atoms with van der Waals surface area (Å²) < 4.78 is 3.52. The number of carbonyl (C=O) groups excluding carboxylic acids is 1. The van der Waals surface area contributed by atoms with Crippen molar-refractivity contribution in [3.63, 3.8) is 0 Å². The fourth-order valence-corrected chi connectivity index (χ4v) is 11.5. The SMILES string of the molecule is CC(C)[Si](C(C)C)(C(C)C)n1cc(C=O)c2cc(Br)ccc21. The Morgan fingerprint density at radius 3 is 2.05 bits per heavy atom. The fourth-order valence-electron chi connectivity index (χ4n) is 4.48. The third-order valence-corrected chi connectivity index (χ3v) is 12.4. The van der Waals surface area contributed by atoms with Crippen LogP contribution in [0.15, 0.2) is 28.9 Å². The second-order valence-corrected chi connectivity index (χ2v) is 13.7. The predicted molar refractivity (Wildman–Crippen MR) is 101 cm³/mol. The normalized spacial score (nSPS) is 12.8. The Morgan fingerprint density at radius 1 is 1.05 bits per heavy atom. The van der Waals surface area contributed by atoms with Crippen molar-refractivity contribution in [3.8, 4) is 0 Å². The van der Waals surface area contributed by atoms with Gasteiger partial charge in [0.1, 0.15) is 0 Å². The van der Waals surface area contributed by atoms with E-state index in [-0.39, 0.29) is 0 Å². The molecule has 0 fully saturated rings. The summed E-state index contributed by atoms with van der Waals surface area (Å²) >= 11 is 3.53. The molecule has 0 aliphatic rings. The highest BCUT2D eigenvalue weighted by Gasteiger charge is 2.45. The molecule has 0 radical (unpaired) electrons. The largest absolute Gasteiger partial charge is 0.373 e. The Labute approximate surface area is 143 Å². The molecule has 0 spiro atoms.